The molecule has 10 aromatic rings. The molecule has 290 valence electrons. The summed E-state index contributed by atoms with van der Waals surface area (Å²) in [5, 5.41) is 0. The molecule has 8 aromatic carbocycles. The third-order valence-corrected chi connectivity index (χ3v) is 10.5. The second kappa shape index (κ2) is 14.9. The topological polar surface area (TPSA) is 51.6 Å². The van der Waals surface area contributed by atoms with Crippen LogP contribution in [-0.4, -0.2) is 19.9 Å². The molecule has 0 saturated heterocycles. The molecule has 4 heteroatoms. The number of rotatable bonds is 7. The van der Waals surface area contributed by atoms with Crippen molar-refractivity contribution in [3.05, 3.63) is 251 Å². The van der Waals surface area contributed by atoms with Crippen molar-refractivity contribution in [1.82, 2.24) is 19.9 Å². The van der Waals surface area contributed by atoms with E-state index in [0.29, 0.717) is 5.56 Å². The smallest absolute Gasteiger partial charge is 0.160 e. The molecule has 4 nitrogen and oxygen atoms in total. The van der Waals surface area contributed by atoms with Gasteiger partial charge >= 0.3 is 0 Å². The molecule has 0 radical (unpaired) electrons. The lowest BCUT2D eigenvalue weighted by Gasteiger charge is -2.42. The Morgan fingerprint density at radius 2 is 0.613 bits per heavy atom. The number of hydrogen-bond acceptors (Lipinski definition) is 4. The molecule has 2 atom stereocenters. The summed E-state index contributed by atoms with van der Waals surface area (Å²) in [7, 11) is 0. The molecular formula is C58H38N4. The van der Waals surface area contributed by atoms with E-state index in [1.54, 1.807) is 0 Å². The van der Waals surface area contributed by atoms with Gasteiger partial charge in [-0.15, -0.1) is 0 Å². The molecule has 62 heavy (non-hydrogen) atoms. The molecule has 0 fully saturated rings. The van der Waals surface area contributed by atoms with Gasteiger partial charge in [0.2, 0.25) is 0 Å². The Morgan fingerprint density at radius 3 is 1.08 bits per heavy atom. The number of nitrogens with zero attached hydrogens (tertiary/aromatic N) is 4. The third kappa shape index (κ3) is 6.24. The first kappa shape index (κ1) is 17.5. The van der Waals surface area contributed by atoms with Crippen molar-refractivity contribution in [2.24, 2.45) is 0 Å². The van der Waals surface area contributed by atoms with Gasteiger partial charge in [0.05, 0.1) is 61.2 Å². The summed E-state index contributed by atoms with van der Waals surface area (Å²) >= 11 is 0. The van der Waals surface area contributed by atoms with E-state index >= 15 is 0 Å². The molecule has 0 spiro atoms. The van der Waals surface area contributed by atoms with Crippen LogP contribution in [-0.2, 0) is 0 Å². The van der Waals surface area contributed by atoms with Gasteiger partial charge in [-0.05, 0) is 68.7 Å². The van der Waals surface area contributed by atoms with Gasteiger partial charge in [-0.2, -0.15) is 0 Å². The second-order valence-corrected chi connectivity index (χ2v) is 14.0. The highest BCUT2D eigenvalue weighted by molar-refractivity contribution is 5.79. The van der Waals surface area contributed by atoms with Crippen molar-refractivity contribution in [1.29, 1.82) is 0 Å². The summed E-state index contributed by atoms with van der Waals surface area (Å²) in [5.41, 5.74) is -2.45. The maximum atomic E-state index is 10.1. The average Bonchev–Trinajstić information content (AvgIpc) is 0.674. The molecule has 3 aliphatic carbocycles. The van der Waals surface area contributed by atoms with E-state index < -0.39 is 197 Å². The Labute approximate surface area is 400 Å². The van der Waals surface area contributed by atoms with E-state index in [2.05, 4.69) is 19.9 Å². The Hall–Kier alpha value is -8.08. The number of aromatic nitrogens is 4. The van der Waals surface area contributed by atoms with Crippen LogP contribution < -0.4 is 0 Å². The summed E-state index contributed by atoms with van der Waals surface area (Å²) < 4.78 is 246. The van der Waals surface area contributed by atoms with Gasteiger partial charge in [0.1, 0.15) is 0 Å². The van der Waals surface area contributed by atoms with Gasteiger partial charge in [-0.3, -0.25) is 0 Å². The lowest BCUT2D eigenvalue weighted by atomic mass is 9.60. The van der Waals surface area contributed by atoms with Crippen molar-refractivity contribution in [3.8, 4) is 78.9 Å². The lowest BCUT2D eigenvalue weighted by Crippen LogP contribution is -2.27. The minimum atomic E-state index is -1.46. The molecule has 2 heterocycles. The minimum absolute atomic E-state index is 0.0105. The van der Waals surface area contributed by atoms with Crippen LogP contribution >= 0.6 is 0 Å². The van der Waals surface area contributed by atoms with Crippen LogP contribution in [0.3, 0.4) is 0 Å². The van der Waals surface area contributed by atoms with Gasteiger partial charge in [0.15, 0.2) is 11.6 Å². The summed E-state index contributed by atoms with van der Waals surface area (Å²) in [6, 6.07) is -7.23. The highest BCUT2D eigenvalue weighted by Crippen LogP contribution is 2.56. The van der Waals surface area contributed by atoms with E-state index in [9.17, 15) is 8.22 Å². The molecule has 0 N–H and O–H groups in total. The van der Waals surface area contributed by atoms with Crippen LogP contribution in [0.4, 0.5) is 0 Å². The summed E-state index contributed by atoms with van der Waals surface area (Å²) in [6.45, 7) is 0. The molecule has 3 aliphatic rings. The van der Waals surface area contributed by atoms with Crippen LogP contribution in [0.15, 0.2) is 218 Å². The third-order valence-electron chi connectivity index (χ3n) is 10.5. The van der Waals surface area contributed by atoms with E-state index in [1.807, 2.05) is 0 Å². The van der Waals surface area contributed by atoms with Crippen molar-refractivity contribution in [2.75, 3.05) is 0 Å². The van der Waals surface area contributed by atoms with E-state index in [0.717, 1.165) is 6.07 Å². The zero-order valence-corrected chi connectivity index (χ0v) is 31.6. The largest absolute Gasteiger partial charge is 0.228 e. The maximum absolute atomic E-state index is 10.1. The fourth-order valence-corrected chi connectivity index (χ4v) is 7.79. The molecule has 2 aromatic heterocycles. The highest BCUT2D eigenvalue weighted by atomic mass is 14.9. The van der Waals surface area contributed by atoms with Gasteiger partial charge in [-0.1, -0.05) is 194 Å². The van der Waals surface area contributed by atoms with Crippen LogP contribution in [0.2, 0.25) is 0 Å². The first-order valence-electron chi connectivity index (χ1n) is 32.9. The van der Waals surface area contributed by atoms with E-state index in [-0.39, 0.29) is 90.8 Å². The number of benzene rings is 8. The molecule has 13 rings (SSSR count). The lowest BCUT2D eigenvalue weighted by molar-refractivity contribution is 0.755. The van der Waals surface area contributed by atoms with Crippen LogP contribution in [0, 0.1) is 0 Å². The predicted molar refractivity (Wildman–Crippen MR) is 250 cm³/mol. The fourth-order valence-electron chi connectivity index (χ4n) is 7.79. The van der Waals surface area contributed by atoms with E-state index in [4.69, 9.17) is 30.2 Å². The molecule has 0 amide bonds. The molecule has 2 unspecified atom stereocenters. The van der Waals surface area contributed by atoms with Crippen LogP contribution in [0.1, 0.15) is 83.6 Å². The average molecular weight is 819 g/mol. The van der Waals surface area contributed by atoms with Gasteiger partial charge in [-0.25, -0.2) is 19.9 Å². The molecule has 2 bridgehead atoms. The van der Waals surface area contributed by atoms with Crippen LogP contribution in [0.5, 0.6) is 0 Å². The zero-order valence-electron chi connectivity index (χ0n) is 59.6. The standard InChI is InChI=1S/C58H38N4/c1-5-15-38(16-6-1)51-35-53(61-57(59-51)41-19-9-3-10-20-41)40-27-25-37(26-28-40)43-29-31-47-49(33-43)55-45-23-13-14-24-46(45)56(47)50-34-44(30-32-48(50)55)54-36-52(39-17-7-2-8-18-39)60-58(62-54)42-21-11-4-12-22-42/h1-36,55-56H/i1D,2D,3D,4D,5D,6D,7D,8D,9D,10D,11D,12D,13D,14D,15D,16D,17D,18D,19D,20D,21D,22D,23D,24D,31D,32D,33D,34D. The van der Waals surface area contributed by atoms with Gasteiger partial charge in [0.25, 0.3) is 0 Å². The van der Waals surface area contributed by atoms with Crippen molar-refractivity contribution in [2.45, 2.75) is 11.8 Å². The second-order valence-electron chi connectivity index (χ2n) is 14.0. The SMILES string of the molecule is [2H]c1cc(-c2ccc(-c3cc(-c4c([2H])c([2H])c([2H])c([2H])c4[2H])nc(-c4c([2H])c([2H])c([2H])c([2H])c4[2H])n3)cc2)c([2H])c2c1C1c3c([2H])c(-c4cc(-c5c([2H])c([2H])c([2H])c([2H])c5[2H])nc(-c5c([2H])c([2H])c([2H])c([2H])c5[2H])n4)cc([2H])c3C2c2c([2H])c([2H])c([2H])c([2H])c21. The molecular weight excluding hydrogens is 753 g/mol. The Bertz CT molecular complexity index is 4660. The van der Waals surface area contributed by atoms with Crippen molar-refractivity contribution < 1.29 is 38.4 Å². The maximum Gasteiger partial charge on any atom is 0.160 e. The Balaban J connectivity index is 1.05. The first-order chi connectivity index (χ1) is 42.3. The molecule has 0 saturated carbocycles. The monoisotopic (exact) mass is 818 g/mol. The summed E-state index contributed by atoms with van der Waals surface area (Å²) in [4.78, 5) is 18.0. The van der Waals surface area contributed by atoms with E-state index in [1.165, 1.54) is 42.5 Å². The van der Waals surface area contributed by atoms with Gasteiger partial charge < -0.3 is 0 Å². The van der Waals surface area contributed by atoms with Gasteiger partial charge in [0, 0.05) is 45.2 Å². The Morgan fingerprint density at radius 1 is 0.274 bits per heavy atom. The van der Waals surface area contributed by atoms with Crippen LogP contribution in [0.25, 0.3) is 78.9 Å². The zero-order chi connectivity index (χ0) is 65.4. The molecule has 0 aliphatic heterocycles. The minimum Gasteiger partial charge on any atom is -0.228 e. The normalized spacial score (nSPS) is 20.8. The number of hydrogen-bond donors (Lipinski definition) is 0. The van der Waals surface area contributed by atoms with Crippen molar-refractivity contribution in [3.63, 3.8) is 0 Å². The predicted octanol–water partition coefficient (Wildman–Crippen LogP) is 13.9. The Kier molecular flexibility index (Phi) is 4.20. The quantitative estimate of drug-likeness (QED) is 0.161. The summed E-state index contributed by atoms with van der Waals surface area (Å²) in [5.74, 6) is -3.93. The van der Waals surface area contributed by atoms with Crippen molar-refractivity contribution >= 4 is 0 Å². The first-order valence-corrected chi connectivity index (χ1v) is 18.9. The fraction of sp³-hybridized carbons (Fsp3) is 0.0345. The summed E-state index contributed by atoms with van der Waals surface area (Å²) in [6.07, 6.45) is 0. The highest BCUT2D eigenvalue weighted by Gasteiger charge is 2.41.